The lowest BCUT2D eigenvalue weighted by molar-refractivity contribution is -0.137. The maximum Gasteiger partial charge on any atom is 0.304 e. The van der Waals surface area contributed by atoms with Gasteiger partial charge >= 0.3 is 5.97 Å². The molecule has 7 nitrogen and oxygen atoms in total. The maximum absolute atomic E-state index is 12.5. The minimum Gasteiger partial charge on any atom is -0.481 e. The molecule has 0 spiro atoms. The number of fused-ring (bicyclic) bond motifs is 1. The molecule has 8 heteroatoms. The van der Waals surface area contributed by atoms with E-state index in [2.05, 4.69) is 0 Å². The van der Waals surface area contributed by atoms with Crippen molar-refractivity contribution in [2.24, 2.45) is 0 Å². The van der Waals surface area contributed by atoms with E-state index in [1.807, 2.05) is 0 Å². The molecular formula is C15H20N2O5S. The highest BCUT2D eigenvalue weighted by molar-refractivity contribution is 7.89. The number of nitrogens with zero attached hydrogens (tertiary/aromatic N) is 2. The highest BCUT2D eigenvalue weighted by Gasteiger charge is 2.26. The third-order valence-electron chi connectivity index (χ3n) is 3.90. The predicted octanol–water partition coefficient (Wildman–Crippen LogP) is 1.08. The number of rotatable bonds is 5. The first-order valence-electron chi connectivity index (χ1n) is 7.32. The number of carboxylic acids is 1. The summed E-state index contributed by atoms with van der Waals surface area (Å²) in [7, 11) is -2.44. The summed E-state index contributed by atoms with van der Waals surface area (Å²) in [4.78, 5) is 24.0. The van der Waals surface area contributed by atoms with Crippen molar-refractivity contribution < 1.29 is 23.1 Å². The number of hydrogen-bond acceptors (Lipinski definition) is 4. The second-order valence-electron chi connectivity index (χ2n) is 5.54. The number of sulfonamides is 1. The first kappa shape index (κ1) is 17.4. The summed E-state index contributed by atoms with van der Waals surface area (Å²) in [5, 5.41) is 8.69. The summed E-state index contributed by atoms with van der Waals surface area (Å²) in [5.74, 6) is -1.18. The van der Waals surface area contributed by atoms with Crippen LogP contribution >= 0.6 is 0 Å². The van der Waals surface area contributed by atoms with Crippen LogP contribution in [0.4, 0.5) is 5.69 Å². The molecule has 0 atom stereocenters. The molecule has 126 valence electrons. The van der Waals surface area contributed by atoms with Crippen molar-refractivity contribution in [3.05, 3.63) is 23.8 Å². The van der Waals surface area contributed by atoms with E-state index in [1.165, 1.54) is 26.1 Å². The number of carbonyl (C=O) groups excluding carboxylic acids is 1. The molecule has 0 aliphatic carbocycles. The number of carbonyl (C=O) groups is 2. The maximum atomic E-state index is 12.5. The van der Waals surface area contributed by atoms with Gasteiger partial charge in [-0.15, -0.1) is 0 Å². The number of benzene rings is 1. The zero-order valence-electron chi connectivity index (χ0n) is 13.2. The lowest BCUT2D eigenvalue weighted by Crippen LogP contribution is -2.34. The molecule has 1 amide bonds. The van der Waals surface area contributed by atoms with Crippen molar-refractivity contribution in [2.45, 2.75) is 31.1 Å². The summed E-state index contributed by atoms with van der Waals surface area (Å²) in [6.07, 6.45) is 1.38. The Morgan fingerprint density at radius 2 is 2.04 bits per heavy atom. The van der Waals surface area contributed by atoms with Crippen LogP contribution in [0.25, 0.3) is 0 Å². The van der Waals surface area contributed by atoms with E-state index in [4.69, 9.17) is 5.11 Å². The Morgan fingerprint density at radius 1 is 1.35 bits per heavy atom. The fraction of sp³-hybridized carbons (Fsp3) is 0.467. The average molecular weight is 340 g/mol. The van der Waals surface area contributed by atoms with Gasteiger partial charge in [0.1, 0.15) is 0 Å². The van der Waals surface area contributed by atoms with Gasteiger partial charge in [0.2, 0.25) is 15.9 Å². The summed E-state index contributed by atoms with van der Waals surface area (Å²) in [6, 6.07) is 4.74. The topological polar surface area (TPSA) is 95.0 Å². The number of carboxylic acid groups (broad SMARTS) is 1. The minimum atomic E-state index is -3.79. The van der Waals surface area contributed by atoms with Crippen molar-refractivity contribution in [1.29, 1.82) is 0 Å². The molecule has 0 aromatic heterocycles. The van der Waals surface area contributed by atoms with Gasteiger partial charge in [0.25, 0.3) is 0 Å². The smallest absolute Gasteiger partial charge is 0.304 e. The third-order valence-corrected chi connectivity index (χ3v) is 5.76. The van der Waals surface area contributed by atoms with Crippen LogP contribution in [0, 0.1) is 0 Å². The normalized spacial score (nSPS) is 14.7. The third kappa shape index (κ3) is 3.70. The molecule has 0 fully saturated rings. The number of aliphatic carboxylic acids is 1. The van der Waals surface area contributed by atoms with Crippen molar-refractivity contribution in [3.8, 4) is 0 Å². The molecular weight excluding hydrogens is 320 g/mol. The highest BCUT2D eigenvalue weighted by Crippen LogP contribution is 2.30. The monoisotopic (exact) mass is 340 g/mol. The molecule has 1 aliphatic rings. The van der Waals surface area contributed by atoms with Crippen molar-refractivity contribution >= 4 is 27.6 Å². The van der Waals surface area contributed by atoms with Gasteiger partial charge in [-0.25, -0.2) is 12.7 Å². The summed E-state index contributed by atoms with van der Waals surface area (Å²) >= 11 is 0. The Hall–Kier alpha value is -1.93. The molecule has 0 unspecified atom stereocenters. The van der Waals surface area contributed by atoms with Crippen LogP contribution < -0.4 is 4.90 Å². The lowest BCUT2D eigenvalue weighted by atomic mass is 10.0. The van der Waals surface area contributed by atoms with E-state index < -0.39 is 16.0 Å². The van der Waals surface area contributed by atoms with Gasteiger partial charge in [-0.2, -0.15) is 0 Å². The van der Waals surface area contributed by atoms with Gasteiger partial charge in [-0.05, 0) is 30.5 Å². The molecule has 0 saturated heterocycles. The number of hydrogen-bond donors (Lipinski definition) is 1. The number of anilines is 1. The quantitative estimate of drug-likeness (QED) is 0.865. The lowest BCUT2D eigenvalue weighted by Gasteiger charge is -2.29. The summed E-state index contributed by atoms with van der Waals surface area (Å²) in [5.41, 5.74) is 1.56. The van der Waals surface area contributed by atoms with Gasteiger partial charge in [0.05, 0.1) is 11.3 Å². The molecule has 1 heterocycles. The molecule has 0 saturated carbocycles. The van der Waals surface area contributed by atoms with Gasteiger partial charge in [-0.3, -0.25) is 9.59 Å². The Balaban J connectivity index is 2.35. The zero-order valence-corrected chi connectivity index (χ0v) is 14.0. The van der Waals surface area contributed by atoms with Crippen molar-refractivity contribution in [2.75, 3.05) is 25.0 Å². The van der Waals surface area contributed by atoms with Gasteiger partial charge in [0, 0.05) is 32.7 Å². The van der Waals surface area contributed by atoms with E-state index >= 15 is 0 Å². The molecule has 1 aromatic carbocycles. The van der Waals surface area contributed by atoms with Crippen LogP contribution in [0.3, 0.4) is 0 Å². The Morgan fingerprint density at radius 3 is 2.65 bits per heavy atom. The SMILES string of the molecule is CC(=O)N1CCCc2ccc(S(=O)(=O)N(C)CCC(=O)O)cc21. The summed E-state index contributed by atoms with van der Waals surface area (Å²) < 4.78 is 26.1. The van der Waals surface area contributed by atoms with Crippen LogP contribution in [0.2, 0.25) is 0 Å². The fourth-order valence-electron chi connectivity index (χ4n) is 2.60. The van der Waals surface area contributed by atoms with Crippen molar-refractivity contribution in [3.63, 3.8) is 0 Å². The van der Waals surface area contributed by atoms with Crippen LogP contribution in [0.15, 0.2) is 23.1 Å². The number of amides is 1. The minimum absolute atomic E-state index is 0.0669. The zero-order chi connectivity index (χ0) is 17.2. The molecule has 23 heavy (non-hydrogen) atoms. The Bertz CT molecular complexity index is 729. The van der Waals surface area contributed by atoms with E-state index in [-0.39, 0.29) is 23.8 Å². The van der Waals surface area contributed by atoms with E-state index in [9.17, 15) is 18.0 Å². The fourth-order valence-corrected chi connectivity index (χ4v) is 3.79. The van der Waals surface area contributed by atoms with Gasteiger partial charge < -0.3 is 10.0 Å². The average Bonchev–Trinajstić information content (AvgIpc) is 2.51. The number of aryl methyl sites for hydroxylation is 1. The predicted molar refractivity (Wildman–Crippen MR) is 84.9 cm³/mol. The Kier molecular flexibility index (Phi) is 5.06. The molecule has 2 rings (SSSR count). The molecule has 1 aliphatic heterocycles. The van der Waals surface area contributed by atoms with Crippen molar-refractivity contribution in [1.82, 2.24) is 4.31 Å². The van der Waals surface area contributed by atoms with Crippen LogP contribution in [0.1, 0.15) is 25.3 Å². The standard InChI is InChI=1S/C15H20N2O5S/c1-11(18)17-8-3-4-12-5-6-13(10-14(12)17)23(21,22)16(2)9-7-15(19)20/h5-6,10H,3-4,7-9H2,1-2H3,(H,19,20). The first-order chi connectivity index (χ1) is 10.7. The van der Waals surface area contributed by atoms with Gasteiger partial charge in [0.15, 0.2) is 0 Å². The van der Waals surface area contributed by atoms with E-state index in [0.29, 0.717) is 12.2 Å². The second-order valence-corrected chi connectivity index (χ2v) is 7.58. The molecule has 1 N–H and O–H groups in total. The molecule has 0 bridgehead atoms. The van der Waals surface area contributed by atoms with E-state index in [1.54, 1.807) is 11.0 Å². The van der Waals surface area contributed by atoms with Crippen LogP contribution in [-0.2, 0) is 26.0 Å². The van der Waals surface area contributed by atoms with Crippen LogP contribution in [0.5, 0.6) is 0 Å². The summed E-state index contributed by atoms with van der Waals surface area (Å²) in [6.45, 7) is 1.92. The molecule has 1 aromatic rings. The second kappa shape index (κ2) is 6.67. The van der Waals surface area contributed by atoms with E-state index in [0.717, 1.165) is 22.7 Å². The Labute approximate surface area is 135 Å². The van der Waals surface area contributed by atoms with Gasteiger partial charge in [-0.1, -0.05) is 6.07 Å². The van der Waals surface area contributed by atoms with Crippen LogP contribution in [-0.4, -0.2) is 49.8 Å². The first-order valence-corrected chi connectivity index (χ1v) is 8.76. The largest absolute Gasteiger partial charge is 0.481 e. The highest BCUT2D eigenvalue weighted by atomic mass is 32.2. The molecule has 0 radical (unpaired) electrons.